The van der Waals surface area contributed by atoms with Gasteiger partial charge in [-0.1, -0.05) is 60.7 Å². The van der Waals surface area contributed by atoms with Crippen LogP contribution in [0.4, 0.5) is 0 Å². The monoisotopic (exact) mass is 346 g/mol. The van der Waals surface area contributed by atoms with E-state index in [1.807, 2.05) is 48.5 Å². The summed E-state index contributed by atoms with van der Waals surface area (Å²) in [6.07, 6.45) is 0. The first-order valence-corrected chi connectivity index (χ1v) is 8.15. The molecular weight excluding hydrogens is 328 g/mol. The van der Waals surface area contributed by atoms with Crippen LogP contribution >= 0.6 is 0 Å². The quantitative estimate of drug-likeness (QED) is 0.484. The summed E-state index contributed by atoms with van der Waals surface area (Å²) < 4.78 is 5.19. The van der Waals surface area contributed by atoms with Crippen LogP contribution in [0.25, 0.3) is 0 Å². The molecule has 130 valence electrons. The second-order valence-electron chi connectivity index (χ2n) is 5.68. The van der Waals surface area contributed by atoms with Crippen LogP contribution in [0.1, 0.15) is 27.5 Å². The van der Waals surface area contributed by atoms with Crippen LogP contribution in [-0.4, -0.2) is 18.0 Å². The number of rotatable bonds is 6. The molecule has 26 heavy (non-hydrogen) atoms. The highest BCUT2D eigenvalue weighted by Crippen LogP contribution is 2.31. The standard InChI is InChI=1S/C21H18N2O3/c1-26-19-14-12-17(13-15-19)20(16-8-4-2-5-9-16)23(22-25)21(24)18-10-6-3-7-11-18/h2-15,20H,1H3. The van der Waals surface area contributed by atoms with Crippen LogP contribution in [0.2, 0.25) is 0 Å². The highest BCUT2D eigenvalue weighted by Gasteiger charge is 2.29. The van der Waals surface area contributed by atoms with Gasteiger partial charge in [-0.05, 0) is 35.4 Å². The van der Waals surface area contributed by atoms with Gasteiger partial charge in [-0.2, -0.15) is 5.01 Å². The zero-order valence-corrected chi connectivity index (χ0v) is 14.3. The SMILES string of the molecule is COc1ccc(C(c2ccccc2)N(N=O)C(=O)c2ccccc2)cc1. The minimum Gasteiger partial charge on any atom is -0.497 e. The van der Waals surface area contributed by atoms with Crippen molar-refractivity contribution >= 4 is 5.91 Å². The Morgan fingerprint density at radius 2 is 1.38 bits per heavy atom. The molecule has 0 saturated heterocycles. The number of nitrogens with zero attached hydrogens (tertiary/aromatic N) is 2. The fourth-order valence-electron chi connectivity index (χ4n) is 2.81. The number of carbonyl (C=O) groups excluding carboxylic acids is 1. The molecule has 5 nitrogen and oxygen atoms in total. The molecular formula is C21H18N2O3. The van der Waals surface area contributed by atoms with Gasteiger partial charge in [-0.3, -0.25) is 4.79 Å². The molecule has 0 aromatic heterocycles. The summed E-state index contributed by atoms with van der Waals surface area (Å²) in [5.74, 6) is 0.242. The van der Waals surface area contributed by atoms with Gasteiger partial charge in [0.25, 0.3) is 5.91 Å². The van der Waals surface area contributed by atoms with E-state index >= 15 is 0 Å². The van der Waals surface area contributed by atoms with Crippen molar-refractivity contribution in [2.24, 2.45) is 5.29 Å². The number of ether oxygens (including phenoxy) is 1. The van der Waals surface area contributed by atoms with Gasteiger partial charge >= 0.3 is 0 Å². The molecule has 3 aromatic carbocycles. The zero-order chi connectivity index (χ0) is 18.4. The van der Waals surface area contributed by atoms with Crippen molar-refractivity contribution in [2.75, 3.05) is 7.11 Å². The van der Waals surface area contributed by atoms with Crippen LogP contribution in [0.15, 0.2) is 90.2 Å². The van der Waals surface area contributed by atoms with Crippen LogP contribution in [-0.2, 0) is 0 Å². The van der Waals surface area contributed by atoms with E-state index in [0.717, 1.165) is 16.1 Å². The zero-order valence-electron chi connectivity index (χ0n) is 14.3. The first kappa shape index (κ1) is 17.4. The summed E-state index contributed by atoms with van der Waals surface area (Å²) in [6.45, 7) is 0. The van der Waals surface area contributed by atoms with Crippen molar-refractivity contribution in [3.05, 3.63) is 107 Å². The molecule has 0 N–H and O–H groups in total. The maximum atomic E-state index is 12.9. The highest BCUT2D eigenvalue weighted by molar-refractivity contribution is 5.94. The van der Waals surface area contributed by atoms with Gasteiger partial charge in [-0.15, -0.1) is 4.91 Å². The van der Waals surface area contributed by atoms with Gasteiger partial charge in [0, 0.05) is 5.56 Å². The van der Waals surface area contributed by atoms with E-state index < -0.39 is 11.9 Å². The summed E-state index contributed by atoms with van der Waals surface area (Å²) in [4.78, 5) is 24.6. The second kappa shape index (κ2) is 8.07. The number of hydrogen-bond donors (Lipinski definition) is 0. The summed E-state index contributed by atoms with van der Waals surface area (Å²) in [6, 6.07) is 24.6. The molecule has 0 bridgehead atoms. The lowest BCUT2D eigenvalue weighted by Crippen LogP contribution is -2.30. The molecule has 1 unspecified atom stereocenters. The van der Waals surface area contributed by atoms with E-state index in [1.54, 1.807) is 43.5 Å². The molecule has 0 aliphatic carbocycles. The first-order valence-electron chi connectivity index (χ1n) is 8.15. The Morgan fingerprint density at radius 3 is 1.92 bits per heavy atom. The van der Waals surface area contributed by atoms with Crippen molar-refractivity contribution in [2.45, 2.75) is 6.04 Å². The molecule has 0 fully saturated rings. The molecule has 1 atom stereocenters. The summed E-state index contributed by atoms with van der Waals surface area (Å²) in [7, 11) is 1.59. The average molecular weight is 346 g/mol. The molecule has 3 aromatic rings. The Labute approximate surface area is 151 Å². The van der Waals surface area contributed by atoms with Crippen LogP contribution in [0.3, 0.4) is 0 Å². The topological polar surface area (TPSA) is 59.0 Å². The van der Waals surface area contributed by atoms with Crippen molar-refractivity contribution in [3.63, 3.8) is 0 Å². The molecule has 5 heteroatoms. The number of carbonyl (C=O) groups is 1. The summed E-state index contributed by atoms with van der Waals surface area (Å²) in [5, 5.41) is 4.04. The smallest absolute Gasteiger partial charge is 0.277 e. The number of methoxy groups -OCH3 is 1. The molecule has 0 radical (unpaired) electrons. The predicted molar refractivity (Wildman–Crippen MR) is 99.7 cm³/mol. The Hall–Kier alpha value is -3.47. The van der Waals surface area contributed by atoms with Gasteiger partial charge in [0.15, 0.2) is 0 Å². The molecule has 0 aliphatic rings. The van der Waals surface area contributed by atoms with E-state index in [0.29, 0.717) is 11.3 Å². The van der Waals surface area contributed by atoms with Crippen molar-refractivity contribution < 1.29 is 9.53 Å². The largest absolute Gasteiger partial charge is 0.497 e. The average Bonchev–Trinajstić information content (AvgIpc) is 2.73. The lowest BCUT2D eigenvalue weighted by atomic mass is 9.97. The molecule has 1 amide bonds. The number of nitroso groups, excluding NO2 is 1. The molecule has 0 saturated carbocycles. The Morgan fingerprint density at radius 1 is 0.846 bits per heavy atom. The number of amides is 1. The molecule has 0 heterocycles. The van der Waals surface area contributed by atoms with E-state index in [2.05, 4.69) is 5.29 Å². The lowest BCUT2D eigenvalue weighted by molar-refractivity contribution is 0.0708. The number of benzene rings is 3. The molecule has 0 aliphatic heterocycles. The molecule has 3 rings (SSSR count). The Bertz CT molecular complexity index is 865. The van der Waals surface area contributed by atoms with E-state index in [9.17, 15) is 9.70 Å². The Kier molecular flexibility index (Phi) is 5.39. The van der Waals surface area contributed by atoms with Gasteiger partial charge in [-0.25, -0.2) is 0 Å². The minimum absolute atomic E-state index is 0.404. The predicted octanol–water partition coefficient (Wildman–Crippen LogP) is 4.61. The third-order valence-corrected chi connectivity index (χ3v) is 4.11. The van der Waals surface area contributed by atoms with Crippen LogP contribution in [0, 0.1) is 4.91 Å². The lowest BCUT2D eigenvalue weighted by Gasteiger charge is -2.26. The van der Waals surface area contributed by atoms with Crippen molar-refractivity contribution in [3.8, 4) is 5.75 Å². The van der Waals surface area contributed by atoms with Crippen LogP contribution < -0.4 is 4.74 Å². The normalized spacial score (nSPS) is 11.4. The second-order valence-corrected chi connectivity index (χ2v) is 5.68. The minimum atomic E-state index is -0.632. The van der Waals surface area contributed by atoms with E-state index in [4.69, 9.17) is 4.74 Å². The third-order valence-electron chi connectivity index (χ3n) is 4.11. The maximum absolute atomic E-state index is 12.9. The van der Waals surface area contributed by atoms with Gasteiger partial charge in [0.2, 0.25) is 0 Å². The Balaban J connectivity index is 2.06. The fraction of sp³-hybridized carbons (Fsp3) is 0.0952. The first-order chi connectivity index (χ1) is 12.7. The highest BCUT2D eigenvalue weighted by atomic mass is 16.5. The van der Waals surface area contributed by atoms with Gasteiger partial charge in [0.05, 0.1) is 12.4 Å². The summed E-state index contributed by atoms with van der Waals surface area (Å²) >= 11 is 0. The summed E-state index contributed by atoms with van der Waals surface area (Å²) in [5.41, 5.74) is 1.96. The third kappa shape index (κ3) is 3.62. The number of hydrogen-bond acceptors (Lipinski definition) is 4. The van der Waals surface area contributed by atoms with Gasteiger partial charge < -0.3 is 4.74 Å². The van der Waals surface area contributed by atoms with Crippen LogP contribution in [0.5, 0.6) is 5.75 Å². The van der Waals surface area contributed by atoms with E-state index in [-0.39, 0.29) is 0 Å². The van der Waals surface area contributed by atoms with Crippen molar-refractivity contribution in [1.82, 2.24) is 5.01 Å². The van der Waals surface area contributed by atoms with Gasteiger partial charge in [0.1, 0.15) is 11.8 Å². The van der Waals surface area contributed by atoms with Crippen molar-refractivity contribution in [1.29, 1.82) is 0 Å². The molecule has 0 spiro atoms. The van der Waals surface area contributed by atoms with E-state index in [1.165, 1.54) is 0 Å². The fourth-order valence-corrected chi connectivity index (χ4v) is 2.81. The maximum Gasteiger partial charge on any atom is 0.277 e.